The molecule has 0 unspecified atom stereocenters. The number of benzene rings is 2. The molecule has 2 aromatic carbocycles. The number of halogens is 1. The van der Waals surface area contributed by atoms with E-state index in [2.05, 4.69) is 15.4 Å². The molecule has 0 amide bonds. The van der Waals surface area contributed by atoms with Gasteiger partial charge in [-0.1, -0.05) is 35.9 Å². The fraction of sp³-hybridized carbons (Fsp3) is 0.261. The number of aromatic nitrogens is 3. The quantitative estimate of drug-likeness (QED) is 0.654. The molecule has 2 atom stereocenters. The van der Waals surface area contributed by atoms with Gasteiger partial charge in [0.2, 0.25) is 5.95 Å². The third-order valence-corrected chi connectivity index (χ3v) is 6.28. The molecule has 1 aliphatic carbocycles. The van der Waals surface area contributed by atoms with Crippen molar-refractivity contribution in [1.82, 2.24) is 14.8 Å². The molecule has 1 N–H and O–H groups in total. The third-order valence-electron chi connectivity index (χ3n) is 5.94. The number of allylic oxidation sites excluding steroid dienone is 2. The summed E-state index contributed by atoms with van der Waals surface area (Å²) in [6.45, 7) is 0. The van der Waals surface area contributed by atoms with Gasteiger partial charge in [0.15, 0.2) is 17.3 Å². The van der Waals surface area contributed by atoms with E-state index in [4.69, 9.17) is 21.1 Å². The Balaban J connectivity index is 1.57. The molecule has 2 aliphatic rings. The number of hydrogen-bond acceptors (Lipinski definition) is 6. The van der Waals surface area contributed by atoms with Gasteiger partial charge in [-0.15, -0.1) is 0 Å². The van der Waals surface area contributed by atoms with Crippen LogP contribution in [-0.2, 0) is 4.79 Å². The number of hydrogen-bond donors (Lipinski definition) is 1. The minimum atomic E-state index is -0.402. The second-order valence-electron chi connectivity index (χ2n) is 7.61. The first kappa shape index (κ1) is 19.6. The van der Waals surface area contributed by atoms with Crippen LogP contribution in [0.3, 0.4) is 0 Å². The van der Waals surface area contributed by atoms with E-state index < -0.39 is 6.04 Å². The molecule has 0 saturated heterocycles. The number of carbonyl (C=O) groups is 1. The largest absolute Gasteiger partial charge is 0.493 e. The van der Waals surface area contributed by atoms with E-state index in [9.17, 15) is 4.79 Å². The van der Waals surface area contributed by atoms with Gasteiger partial charge in [0, 0.05) is 28.3 Å². The summed E-state index contributed by atoms with van der Waals surface area (Å²) in [5.41, 5.74) is 3.42. The van der Waals surface area contributed by atoms with Crippen LogP contribution >= 0.6 is 11.6 Å². The summed E-state index contributed by atoms with van der Waals surface area (Å²) >= 11 is 6.51. The predicted octanol–water partition coefficient (Wildman–Crippen LogP) is 4.36. The molecule has 0 spiro atoms. The Morgan fingerprint density at radius 2 is 1.90 bits per heavy atom. The Morgan fingerprint density at radius 1 is 1.10 bits per heavy atom. The molecular formula is C23H21ClN4O3. The van der Waals surface area contributed by atoms with Crippen LogP contribution in [-0.4, -0.2) is 34.8 Å². The highest BCUT2D eigenvalue weighted by atomic mass is 35.5. The molecule has 8 heteroatoms. The highest BCUT2D eigenvalue weighted by molar-refractivity contribution is 6.31. The van der Waals surface area contributed by atoms with Crippen molar-refractivity contribution in [2.24, 2.45) is 0 Å². The van der Waals surface area contributed by atoms with Gasteiger partial charge >= 0.3 is 0 Å². The molecule has 31 heavy (non-hydrogen) atoms. The number of nitrogens with zero attached hydrogens (tertiary/aromatic N) is 3. The summed E-state index contributed by atoms with van der Waals surface area (Å²) in [6, 6.07) is 13.0. The maximum Gasteiger partial charge on any atom is 0.226 e. The van der Waals surface area contributed by atoms with Crippen molar-refractivity contribution < 1.29 is 14.3 Å². The molecule has 1 aromatic heterocycles. The molecule has 7 nitrogen and oxygen atoms in total. The normalized spacial score (nSPS) is 20.0. The van der Waals surface area contributed by atoms with Gasteiger partial charge in [0.05, 0.1) is 14.2 Å². The lowest BCUT2D eigenvalue weighted by Gasteiger charge is -2.35. The second kappa shape index (κ2) is 7.74. The van der Waals surface area contributed by atoms with E-state index in [0.29, 0.717) is 40.9 Å². The monoisotopic (exact) mass is 436 g/mol. The minimum Gasteiger partial charge on any atom is -0.493 e. The van der Waals surface area contributed by atoms with Crippen LogP contribution < -0.4 is 14.8 Å². The molecule has 3 aromatic rings. The first-order valence-electron chi connectivity index (χ1n) is 9.99. The van der Waals surface area contributed by atoms with Crippen molar-refractivity contribution in [1.29, 1.82) is 0 Å². The molecule has 158 valence electrons. The van der Waals surface area contributed by atoms with Crippen LogP contribution in [0, 0.1) is 0 Å². The summed E-state index contributed by atoms with van der Waals surface area (Å²) in [5.74, 6) is 2.00. The van der Waals surface area contributed by atoms with E-state index >= 15 is 0 Å². The Morgan fingerprint density at radius 3 is 2.68 bits per heavy atom. The number of ketones is 1. The maximum atomic E-state index is 13.5. The Kier molecular flexibility index (Phi) is 4.90. The molecule has 5 rings (SSSR count). The zero-order valence-electron chi connectivity index (χ0n) is 17.1. The van der Waals surface area contributed by atoms with Crippen LogP contribution in [0.2, 0.25) is 5.02 Å². The van der Waals surface area contributed by atoms with Crippen molar-refractivity contribution in [3.8, 4) is 11.5 Å². The van der Waals surface area contributed by atoms with Crippen molar-refractivity contribution in [3.05, 3.63) is 76.2 Å². The van der Waals surface area contributed by atoms with E-state index in [1.807, 2.05) is 42.5 Å². The molecule has 0 saturated carbocycles. The lowest BCUT2D eigenvalue weighted by molar-refractivity contribution is -0.116. The summed E-state index contributed by atoms with van der Waals surface area (Å²) in [6.07, 6.45) is 2.55. The molecular weight excluding hydrogens is 416 g/mol. The number of ether oxygens (including phenoxy) is 2. The lowest BCUT2D eigenvalue weighted by Crippen LogP contribution is -2.33. The smallest absolute Gasteiger partial charge is 0.226 e. The summed E-state index contributed by atoms with van der Waals surface area (Å²) in [5, 5.41) is 8.29. The average molecular weight is 437 g/mol. The van der Waals surface area contributed by atoms with E-state index in [-0.39, 0.29) is 11.7 Å². The Hall–Kier alpha value is -3.32. The van der Waals surface area contributed by atoms with Gasteiger partial charge in [-0.3, -0.25) is 4.79 Å². The highest BCUT2D eigenvalue weighted by Crippen LogP contribution is 2.45. The van der Waals surface area contributed by atoms with E-state index in [0.717, 1.165) is 16.8 Å². The zero-order chi connectivity index (χ0) is 21.5. The molecule has 2 heterocycles. The van der Waals surface area contributed by atoms with Gasteiger partial charge in [-0.2, -0.15) is 10.1 Å². The van der Waals surface area contributed by atoms with Gasteiger partial charge in [-0.05, 0) is 36.1 Å². The lowest BCUT2D eigenvalue weighted by atomic mass is 9.78. The first-order valence-corrected chi connectivity index (χ1v) is 10.4. The topological polar surface area (TPSA) is 78.3 Å². The third kappa shape index (κ3) is 3.25. The molecule has 1 aliphatic heterocycles. The van der Waals surface area contributed by atoms with Crippen molar-refractivity contribution in [3.63, 3.8) is 0 Å². The first-order chi connectivity index (χ1) is 15.1. The molecule has 0 fully saturated rings. The number of rotatable bonds is 4. The number of carbonyl (C=O) groups excluding carboxylic acids is 1. The number of Topliss-reactive ketones (excluding diaryl/α,β-unsaturated/α-hetero) is 1. The van der Waals surface area contributed by atoms with Crippen LogP contribution in [0.25, 0.3) is 0 Å². The van der Waals surface area contributed by atoms with Gasteiger partial charge in [0.1, 0.15) is 12.4 Å². The molecule has 0 radical (unpaired) electrons. The Bertz CT molecular complexity index is 1200. The van der Waals surface area contributed by atoms with E-state index in [1.54, 1.807) is 18.9 Å². The van der Waals surface area contributed by atoms with Crippen molar-refractivity contribution >= 4 is 23.3 Å². The number of anilines is 1. The number of methoxy groups -OCH3 is 2. The summed E-state index contributed by atoms with van der Waals surface area (Å²) in [7, 11) is 3.22. The minimum absolute atomic E-state index is 0.0138. The standard InChI is InChI=1S/C23H21ClN4O3/c1-30-19-8-7-13(11-20(19)31-2)14-9-17-21(18(29)10-14)22(15-5-3-4-6-16(15)24)28-23(27-17)25-12-26-28/h3-8,11-12,14,22H,9-10H2,1-2H3,(H,25,26,27)/t14-,22+/m0/s1. The second-order valence-corrected chi connectivity index (χ2v) is 8.02. The fourth-order valence-corrected chi connectivity index (χ4v) is 4.72. The number of fused-ring (bicyclic) bond motifs is 1. The number of nitrogens with one attached hydrogen (secondary N) is 1. The fourth-order valence-electron chi connectivity index (χ4n) is 4.48. The van der Waals surface area contributed by atoms with Crippen molar-refractivity contribution in [2.45, 2.75) is 24.8 Å². The Labute approximate surface area is 184 Å². The van der Waals surface area contributed by atoms with Crippen LogP contribution in [0.15, 0.2) is 60.1 Å². The van der Waals surface area contributed by atoms with Gasteiger partial charge in [-0.25, -0.2) is 4.68 Å². The SMILES string of the molecule is COc1ccc([C@@H]2CC(=O)C3=C(C2)Nc2ncnn2[C@@H]3c2ccccc2Cl)cc1OC. The zero-order valence-corrected chi connectivity index (χ0v) is 17.9. The van der Waals surface area contributed by atoms with Crippen LogP contribution in [0.1, 0.15) is 35.9 Å². The molecule has 0 bridgehead atoms. The van der Waals surface area contributed by atoms with Gasteiger partial charge in [0.25, 0.3) is 0 Å². The maximum absolute atomic E-state index is 13.5. The van der Waals surface area contributed by atoms with Gasteiger partial charge < -0.3 is 14.8 Å². The van der Waals surface area contributed by atoms with Crippen molar-refractivity contribution in [2.75, 3.05) is 19.5 Å². The van der Waals surface area contributed by atoms with Crippen LogP contribution in [0.5, 0.6) is 11.5 Å². The summed E-state index contributed by atoms with van der Waals surface area (Å²) in [4.78, 5) is 17.8. The summed E-state index contributed by atoms with van der Waals surface area (Å²) < 4.78 is 12.5. The average Bonchev–Trinajstić information content (AvgIpc) is 3.26. The van der Waals surface area contributed by atoms with E-state index in [1.165, 1.54) is 6.33 Å². The predicted molar refractivity (Wildman–Crippen MR) is 117 cm³/mol. The highest BCUT2D eigenvalue weighted by Gasteiger charge is 2.40. The van der Waals surface area contributed by atoms with Crippen LogP contribution in [0.4, 0.5) is 5.95 Å².